The van der Waals surface area contributed by atoms with Crippen LogP contribution in [0, 0.1) is 29.9 Å². The van der Waals surface area contributed by atoms with Crippen LogP contribution in [-0.4, -0.2) is 11.0 Å². The number of para-hydroxylation sites is 1. The Balaban J connectivity index is 2.18. The van der Waals surface area contributed by atoms with Crippen LogP contribution in [0.1, 0.15) is 5.56 Å². The molecule has 0 spiro atoms. The fourth-order valence-electron chi connectivity index (χ4n) is 1.91. The van der Waals surface area contributed by atoms with Crippen LogP contribution in [0.5, 0.6) is 5.75 Å². The van der Waals surface area contributed by atoms with Crippen LogP contribution >= 0.6 is 0 Å². The first-order chi connectivity index (χ1) is 11.4. The molecule has 0 aliphatic heterocycles. The highest BCUT2D eigenvalue weighted by atomic mass is 19.1. The Hall–Kier alpha value is -3.40. The first kappa shape index (κ1) is 17.0. The Morgan fingerprint density at radius 2 is 1.92 bits per heavy atom. The minimum Gasteiger partial charge on any atom is -0.508 e. The third-order valence-corrected chi connectivity index (χ3v) is 3.15. The van der Waals surface area contributed by atoms with Crippen molar-refractivity contribution in [2.24, 2.45) is 0 Å². The zero-order valence-corrected chi connectivity index (χ0v) is 12.6. The lowest BCUT2D eigenvalue weighted by Crippen LogP contribution is -2.15. The van der Waals surface area contributed by atoms with Gasteiger partial charge >= 0.3 is 0 Å². The number of benzene rings is 2. The van der Waals surface area contributed by atoms with Gasteiger partial charge in [-0.3, -0.25) is 4.79 Å². The van der Waals surface area contributed by atoms with Gasteiger partial charge in [-0.1, -0.05) is 6.07 Å². The van der Waals surface area contributed by atoms with Gasteiger partial charge in [0.15, 0.2) is 0 Å². The molecule has 0 heterocycles. The molecule has 0 aliphatic carbocycles. The van der Waals surface area contributed by atoms with Crippen LogP contribution in [0.15, 0.2) is 48.2 Å². The van der Waals surface area contributed by atoms with Crippen LogP contribution in [0.4, 0.5) is 20.2 Å². The number of carbonyl (C=O) groups is 1. The van der Waals surface area contributed by atoms with Crippen molar-refractivity contribution in [3.63, 3.8) is 0 Å². The minimum absolute atomic E-state index is 0.0400. The standard InChI is InChI=1S/C17H13F2N3O2/c1-10-7-12(23)5-6-15(10)22-17(24)11(8-20)9-21-16-13(18)3-2-4-14(16)19/h2-7,9,21,23H,1H3,(H,22,24)/b11-9-. The maximum absolute atomic E-state index is 13.5. The molecule has 0 bridgehead atoms. The molecule has 0 atom stereocenters. The Morgan fingerprint density at radius 1 is 1.25 bits per heavy atom. The van der Waals surface area contributed by atoms with Crippen LogP contribution in [0.3, 0.4) is 0 Å². The molecule has 0 saturated heterocycles. The van der Waals surface area contributed by atoms with Crippen LogP contribution < -0.4 is 10.6 Å². The summed E-state index contributed by atoms with van der Waals surface area (Å²) >= 11 is 0. The zero-order chi connectivity index (χ0) is 17.7. The number of nitrogens with zero attached hydrogens (tertiary/aromatic N) is 1. The van der Waals surface area contributed by atoms with Gasteiger partial charge in [0, 0.05) is 11.9 Å². The Bertz CT molecular complexity index is 837. The van der Waals surface area contributed by atoms with E-state index in [1.165, 1.54) is 24.3 Å². The number of hydrogen-bond donors (Lipinski definition) is 3. The van der Waals surface area contributed by atoms with E-state index in [1.54, 1.807) is 13.0 Å². The normalized spacial score (nSPS) is 10.8. The quantitative estimate of drug-likeness (QED) is 0.456. The summed E-state index contributed by atoms with van der Waals surface area (Å²) in [6.45, 7) is 1.66. The lowest BCUT2D eigenvalue weighted by Gasteiger charge is -2.09. The van der Waals surface area contributed by atoms with Gasteiger partial charge in [0.1, 0.15) is 34.7 Å². The molecule has 2 rings (SSSR count). The molecule has 122 valence electrons. The van der Waals surface area contributed by atoms with Crippen molar-refractivity contribution in [2.75, 3.05) is 10.6 Å². The fraction of sp³-hybridized carbons (Fsp3) is 0.0588. The highest BCUT2D eigenvalue weighted by Crippen LogP contribution is 2.21. The summed E-state index contributed by atoms with van der Waals surface area (Å²) in [4.78, 5) is 12.1. The molecule has 0 fully saturated rings. The van der Waals surface area contributed by atoms with Gasteiger partial charge in [-0.2, -0.15) is 5.26 Å². The number of halogens is 2. The highest BCUT2D eigenvalue weighted by Gasteiger charge is 2.12. The second-order valence-electron chi connectivity index (χ2n) is 4.86. The van der Waals surface area contributed by atoms with Crippen molar-refractivity contribution >= 4 is 17.3 Å². The zero-order valence-electron chi connectivity index (χ0n) is 12.6. The van der Waals surface area contributed by atoms with Crippen molar-refractivity contribution in [3.8, 4) is 11.8 Å². The average molecular weight is 329 g/mol. The van der Waals surface area contributed by atoms with Crippen LogP contribution in [0.2, 0.25) is 0 Å². The van der Waals surface area contributed by atoms with Gasteiger partial charge < -0.3 is 15.7 Å². The molecular weight excluding hydrogens is 316 g/mol. The Kier molecular flexibility index (Phi) is 5.12. The molecule has 0 aromatic heterocycles. The Morgan fingerprint density at radius 3 is 2.50 bits per heavy atom. The van der Waals surface area contributed by atoms with E-state index in [1.807, 2.05) is 0 Å². The number of aromatic hydroxyl groups is 1. The van der Waals surface area contributed by atoms with Gasteiger partial charge in [-0.15, -0.1) is 0 Å². The van der Waals surface area contributed by atoms with E-state index in [0.717, 1.165) is 18.3 Å². The third kappa shape index (κ3) is 3.87. The molecule has 1 amide bonds. The second kappa shape index (κ2) is 7.24. The predicted octanol–water partition coefficient (Wildman–Crippen LogP) is 3.44. The molecular formula is C17H13F2N3O2. The molecule has 7 heteroatoms. The molecule has 0 radical (unpaired) electrons. The van der Waals surface area contributed by atoms with E-state index in [2.05, 4.69) is 10.6 Å². The smallest absolute Gasteiger partial charge is 0.267 e. The first-order valence-corrected chi connectivity index (χ1v) is 6.84. The SMILES string of the molecule is Cc1cc(O)ccc1NC(=O)/C(C#N)=C\Nc1c(F)cccc1F. The molecule has 5 nitrogen and oxygen atoms in total. The minimum atomic E-state index is -0.849. The topological polar surface area (TPSA) is 85.2 Å². The lowest BCUT2D eigenvalue weighted by atomic mass is 10.2. The molecule has 0 aliphatic rings. The monoisotopic (exact) mass is 329 g/mol. The van der Waals surface area contributed by atoms with Crippen molar-refractivity contribution < 1.29 is 18.7 Å². The third-order valence-electron chi connectivity index (χ3n) is 3.15. The molecule has 3 N–H and O–H groups in total. The number of amides is 1. The largest absolute Gasteiger partial charge is 0.508 e. The van der Waals surface area contributed by atoms with Gasteiger partial charge in [-0.05, 0) is 42.8 Å². The van der Waals surface area contributed by atoms with Gasteiger partial charge in [0.25, 0.3) is 5.91 Å². The molecule has 2 aromatic rings. The first-order valence-electron chi connectivity index (χ1n) is 6.84. The number of nitriles is 1. The summed E-state index contributed by atoms with van der Waals surface area (Å²) in [7, 11) is 0. The number of hydrogen-bond acceptors (Lipinski definition) is 4. The van der Waals surface area contributed by atoms with E-state index >= 15 is 0 Å². The summed E-state index contributed by atoms with van der Waals surface area (Å²) in [5.74, 6) is -2.41. The number of phenols is 1. The van der Waals surface area contributed by atoms with Crippen molar-refractivity contribution in [1.29, 1.82) is 5.26 Å². The number of phenolic OH excluding ortho intramolecular Hbond substituents is 1. The van der Waals surface area contributed by atoms with Crippen molar-refractivity contribution in [1.82, 2.24) is 0 Å². The number of aryl methyl sites for hydroxylation is 1. The predicted molar refractivity (Wildman–Crippen MR) is 85.2 cm³/mol. The molecule has 24 heavy (non-hydrogen) atoms. The van der Waals surface area contributed by atoms with E-state index in [9.17, 15) is 18.7 Å². The highest BCUT2D eigenvalue weighted by molar-refractivity contribution is 6.07. The van der Waals surface area contributed by atoms with E-state index in [4.69, 9.17) is 5.26 Å². The Labute approximate surface area is 136 Å². The number of anilines is 2. The van der Waals surface area contributed by atoms with E-state index in [-0.39, 0.29) is 11.3 Å². The van der Waals surface area contributed by atoms with Crippen LogP contribution in [-0.2, 0) is 4.79 Å². The average Bonchev–Trinajstić information content (AvgIpc) is 2.53. The maximum Gasteiger partial charge on any atom is 0.267 e. The maximum atomic E-state index is 13.5. The van der Waals surface area contributed by atoms with Gasteiger partial charge in [-0.25, -0.2) is 8.78 Å². The second-order valence-corrected chi connectivity index (χ2v) is 4.86. The summed E-state index contributed by atoms with van der Waals surface area (Å²) in [6.07, 6.45) is 0.923. The lowest BCUT2D eigenvalue weighted by molar-refractivity contribution is -0.112. The number of carbonyl (C=O) groups excluding carboxylic acids is 1. The molecule has 2 aromatic carbocycles. The van der Waals surface area contributed by atoms with Gasteiger partial charge in [0.05, 0.1) is 0 Å². The van der Waals surface area contributed by atoms with E-state index in [0.29, 0.717) is 11.3 Å². The summed E-state index contributed by atoms with van der Waals surface area (Å²) in [5.41, 5.74) is 0.161. The van der Waals surface area contributed by atoms with Crippen LogP contribution in [0.25, 0.3) is 0 Å². The van der Waals surface area contributed by atoms with Crippen molar-refractivity contribution in [3.05, 3.63) is 65.4 Å². The van der Waals surface area contributed by atoms with Crippen molar-refractivity contribution in [2.45, 2.75) is 6.92 Å². The van der Waals surface area contributed by atoms with Gasteiger partial charge in [0.2, 0.25) is 0 Å². The summed E-state index contributed by atoms with van der Waals surface area (Å²) in [6, 6.07) is 9.24. The summed E-state index contributed by atoms with van der Waals surface area (Å²) < 4.78 is 27.0. The fourth-order valence-corrected chi connectivity index (χ4v) is 1.91. The molecule has 0 saturated carbocycles. The molecule has 0 unspecified atom stereocenters. The number of nitrogens with one attached hydrogen (secondary N) is 2. The van der Waals surface area contributed by atoms with E-state index < -0.39 is 23.2 Å². The number of rotatable bonds is 4. The summed E-state index contributed by atoms with van der Waals surface area (Å²) in [5, 5.41) is 23.2.